The Morgan fingerprint density at radius 1 is 1.56 bits per heavy atom. The van der Waals surface area contributed by atoms with Crippen LogP contribution in [0.5, 0.6) is 0 Å². The van der Waals surface area contributed by atoms with Crippen LogP contribution < -0.4 is 11.1 Å². The zero-order valence-electron chi connectivity index (χ0n) is 8.18. The Kier molecular flexibility index (Phi) is 4.39. The smallest absolute Gasteiger partial charge is 0.252 e. The van der Waals surface area contributed by atoms with Crippen molar-refractivity contribution < 1.29 is 14.7 Å². The molecule has 0 spiro atoms. The molecular formula is C9H10BrN3O3. The van der Waals surface area contributed by atoms with Crippen LogP contribution in [0, 0.1) is 0 Å². The molecule has 1 aromatic heterocycles. The van der Waals surface area contributed by atoms with Crippen molar-refractivity contribution in [2.24, 2.45) is 5.73 Å². The van der Waals surface area contributed by atoms with Crippen molar-refractivity contribution in [2.45, 2.75) is 6.10 Å². The van der Waals surface area contributed by atoms with Crippen LogP contribution in [-0.2, 0) is 4.79 Å². The summed E-state index contributed by atoms with van der Waals surface area (Å²) in [5.41, 5.74) is 5.16. The van der Waals surface area contributed by atoms with Gasteiger partial charge in [-0.15, -0.1) is 0 Å². The summed E-state index contributed by atoms with van der Waals surface area (Å²) < 4.78 is 0.612. The van der Waals surface area contributed by atoms with Gasteiger partial charge in [0.2, 0.25) is 5.91 Å². The largest absolute Gasteiger partial charge is 0.381 e. The normalized spacial score (nSPS) is 11.9. The van der Waals surface area contributed by atoms with Gasteiger partial charge in [-0.05, 0) is 28.1 Å². The number of aliphatic hydroxyl groups is 1. The minimum absolute atomic E-state index is 0.218. The van der Waals surface area contributed by atoms with Gasteiger partial charge >= 0.3 is 0 Å². The first-order valence-corrected chi connectivity index (χ1v) is 5.17. The number of rotatable bonds is 4. The van der Waals surface area contributed by atoms with E-state index in [1.807, 2.05) is 0 Å². The number of aliphatic hydroxyl groups excluding tert-OH is 1. The molecule has 0 fully saturated rings. The van der Waals surface area contributed by atoms with E-state index in [-0.39, 0.29) is 6.54 Å². The van der Waals surface area contributed by atoms with Crippen LogP contribution in [0.3, 0.4) is 0 Å². The summed E-state index contributed by atoms with van der Waals surface area (Å²) in [6.45, 7) is -0.218. The Morgan fingerprint density at radius 2 is 2.25 bits per heavy atom. The van der Waals surface area contributed by atoms with Crippen LogP contribution in [0.4, 0.5) is 0 Å². The van der Waals surface area contributed by atoms with Gasteiger partial charge in [0.1, 0.15) is 10.7 Å². The van der Waals surface area contributed by atoms with Crippen LogP contribution in [-0.4, -0.2) is 34.6 Å². The first-order valence-electron chi connectivity index (χ1n) is 4.38. The van der Waals surface area contributed by atoms with Gasteiger partial charge in [0.15, 0.2) is 0 Å². The topological polar surface area (TPSA) is 105 Å². The third-order valence-electron chi connectivity index (χ3n) is 1.77. The molecule has 6 nitrogen and oxygen atoms in total. The Hall–Kier alpha value is -1.47. The molecule has 1 heterocycles. The van der Waals surface area contributed by atoms with Gasteiger partial charge in [-0.25, -0.2) is 4.98 Å². The van der Waals surface area contributed by atoms with E-state index in [1.165, 1.54) is 6.20 Å². The summed E-state index contributed by atoms with van der Waals surface area (Å²) in [5, 5.41) is 11.4. The van der Waals surface area contributed by atoms with Gasteiger partial charge in [0.05, 0.1) is 12.1 Å². The third kappa shape index (κ3) is 3.59. The summed E-state index contributed by atoms with van der Waals surface area (Å²) >= 11 is 3.13. The van der Waals surface area contributed by atoms with Gasteiger partial charge in [-0.3, -0.25) is 9.59 Å². The number of carbonyl (C=O) groups is 2. The Morgan fingerprint density at radius 3 is 2.75 bits per heavy atom. The van der Waals surface area contributed by atoms with Crippen LogP contribution >= 0.6 is 15.9 Å². The summed E-state index contributed by atoms with van der Waals surface area (Å²) in [5.74, 6) is -1.31. The van der Waals surface area contributed by atoms with E-state index in [0.717, 1.165) is 0 Å². The quantitative estimate of drug-likeness (QED) is 0.644. The van der Waals surface area contributed by atoms with Crippen molar-refractivity contribution in [2.75, 3.05) is 6.54 Å². The van der Waals surface area contributed by atoms with Crippen LogP contribution in [0.2, 0.25) is 0 Å². The number of carbonyl (C=O) groups excluding carboxylic acids is 2. The predicted octanol–water partition coefficient (Wildman–Crippen LogP) is -0.580. The molecule has 0 radical (unpaired) electrons. The van der Waals surface area contributed by atoms with Crippen molar-refractivity contribution in [1.82, 2.24) is 10.3 Å². The minimum atomic E-state index is -1.38. The molecule has 1 unspecified atom stereocenters. The number of amides is 2. The van der Waals surface area contributed by atoms with Crippen molar-refractivity contribution in [3.05, 3.63) is 28.5 Å². The van der Waals surface area contributed by atoms with E-state index in [0.29, 0.717) is 10.2 Å². The molecule has 0 aliphatic rings. The van der Waals surface area contributed by atoms with Gasteiger partial charge in [0.25, 0.3) is 5.91 Å². The molecule has 0 aromatic carbocycles. The zero-order chi connectivity index (χ0) is 12.1. The lowest BCUT2D eigenvalue weighted by molar-refractivity contribution is -0.125. The van der Waals surface area contributed by atoms with E-state index in [2.05, 4.69) is 26.2 Å². The molecule has 86 valence electrons. The molecule has 0 saturated carbocycles. The van der Waals surface area contributed by atoms with Gasteiger partial charge < -0.3 is 16.2 Å². The zero-order valence-corrected chi connectivity index (χ0v) is 9.77. The minimum Gasteiger partial charge on any atom is -0.381 e. The molecule has 0 aliphatic heterocycles. The Balaban J connectivity index is 2.53. The standard InChI is InChI=1S/C9H10BrN3O3/c10-7-2-1-5(3-12-7)9(16)13-4-6(14)8(11)15/h1-3,6,14H,4H2,(H2,11,15)(H,13,16). The first-order chi connectivity index (χ1) is 7.50. The number of hydrogen-bond donors (Lipinski definition) is 3. The van der Waals surface area contributed by atoms with E-state index >= 15 is 0 Å². The molecule has 1 aromatic rings. The lowest BCUT2D eigenvalue weighted by Crippen LogP contribution is -2.39. The van der Waals surface area contributed by atoms with Crippen LogP contribution in [0.15, 0.2) is 22.9 Å². The first kappa shape index (κ1) is 12.6. The van der Waals surface area contributed by atoms with Gasteiger partial charge in [-0.2, -0.15) is 0 Å². The van der Waals surface area contributed by atoms with E-state index in [4.69, 9.17) is 10.8 Å². The Bertz CT molecular complexity index is 393. The number of nitrogens with two attached hydrogens (primary N) is 1. The maximum absolute atomic E-state index is 11.5. The Labute approximate surface area is 100.0 Å². The third-order valence-corrected chi connectivity index (χ3v) is 2.24. The average molecular weight is 288 g/mol. The summed E-state index contributed by atoms with van der Waals surface area (Å²) in [6, 6.07) is 3.17. The number of primary amides is 1. The number of aromatic nitrogens is 1. The molecule has 16 heavy (non-hydrogen) atoms. The molecule has 1 rings (SSSR count). The fourth-order valence-corrected chi connectivity index (χ4v) is 1.14. The summed E-state index contributed by atoms with van der Waals surface area (Å²) in [6.07, 6.45) is -0.0110. The monoisotopic (exact) mass is 287 g/mol. The highest BCUT2D eigenvalue weighted by molar-refractivity contribution is 9.10. The SMILES string of the molecule is NC(=O)C(O)CNC(=O)c1ccc(Br)nc1. The van der Waals surface area contributed by atoms with Crippen molar-refractivity contribution in [3.63, 3.8) is 0 Å². The number of pyridine rings is 1. The highest BCUT2D eigenvalue weighted by atomic mass is 79.9. The second kappa shape index (κ2) is 5.57. The second-order valence-electron chi connectivity index (χ2n) is 3.00. The number of nitrogens with one attached hydrogen (secondary N) is 1. The molecule has 4 N–H and O–H groups in total. The van der Waals surface area contributed by atoms with Crippen molar-refractivity contribution in [1.29, 1.82) is 0 Å². The number of halogens is 1. The van der Waals surface area contributed by atoms with Crippen molar-refractivity contribution in [3.8, 4) is 0 Å². The maximum atomic E-state index is 11.5. The molecule has 2 amide bonds. The fourth-order valence-electron chi connectivity index (χ4n) is 0.902. The van der Waals surface area contributed by atoms with Crippen LogP contribution in [0.25, 0.3) is 0 Å². The molecular weight excluding hydrogens is 278 g/mol. The van der Waals surface area contributed by atoms with Gasteiger partial charge in [-0.1, -0.05) is 0 Å². The molecule has 0 aliphatic carbocycles. The summed E-state index contributed by atoms with van der Waals surface area (Å²) in [4.78, 5) is 25.8. The maximum Gasteiger partial charge on any atom is 0.252 e. The molecule has 0 saturated heterocycles. The van der Waals surface area contributed by atoms with Crippen molar-refractivity contribution >= 4 is 27.7 Å². The molecule has 1 atom stereocenters. The van der Waals surface area contributed by atoms with Crippen LogP contribution in [0.1, 0.15) is 10.4 Å². The summed E-state index contributed by atoms with van der Waals surface area (Å²) in [7, 11) is 0. The highest BCUT2D eigenvalue weighted by Crippen LogP contribution is 2.05. The lowest BCUT2D eigenvalue weighted by atomic mass is 10.2. The van der Waals surface area contributed by atoms with E-state index in [9.17, 15) is 9.59 Å². The second-order valence-corrected chi connectivity index (χ2v) is 3.81. The van der Waals surface area contributed by atoms with E-state index < -0.39 is 17.9 Å². The number of hydrogen-bond acceptors (Lipinski definition) is 4. The highest BCUT2D eigenvalue weighted by Gasteiger charge is 2.13. The number of nitrogens with zero attached hydrogens (tertiary/aromatic N) is 1. The molecule has 0 bridgehead atoms. The fraction of sp³-hybridized carbons (Fsp3) is 0.222. The molecule has 7 heteroatoms. The van der Waals surface area contributed by atoms with Gasteiger partial charge in [0, 0.05) is 6.20 Å². The average Bonchev–Trinajstić information content (AvgIpc) is 2.26. The lowest BCUT2D eigenvalue weighted by Gasteiger charge is -2.08. The predicted molar refractivity (Wildman–Crippen MR) is 59.5 cm³/mol. The van der Waals surface area contributed by atoms with E-state index in [1.54, 1.807) is 12.1 Å².